The van der Waals surface area contributed by atoms with Gasteiger partial charge < -0.3 is 0 Å². The predicted molar refractivity (Wildman–Crippen MR) is 82.6 cm³/mol. The van der Waals surface area contributed by atoms with Crippen molar-refractivity contribution in [2.45, 2.75) is 26.2 Å². The van der Waals surface area contributed by atoms with E-state index >= 15 is 0 Å². The zero-order chi connectivity index (χ0) is 13.7. The van der Waals surface area contributed by atoms with Gasteiger partial charge in [-0.3, -0.25) is 4.79 Å². The van der Waals surface area contributed by atoms with E-state index in [4.69, 9.17) is 0 Å². The average molecular weight is 260 g/mol. The van der Waals surface area contributed by atoms with E-state index in [0.29, 0.717) is 12.2 Å². The van der Waals surface area contributed by atoms with Crippen LogP contribution < -0.4 is 0 Å². The Morgan fingerprint density at radius 3 is 2.60 bits per heavy atom. The number of carbonyl (C=O) groups excluding carboxylic acids is 1. The third-order valence-corrected chi connectivity index (χ3v) is 4.48. The van der Waals surface area contributed by atoms with Crippen molar-refractivity contribution in [2.75, 3.05) is 0 Å². The molecule has 0 aromatic heterocycles. The molecule has 0 radical (unpaired) electrons. The normalized spacial score (nSPS) is 17.2. The number of fused-ring (bicyclic) bond motifs is 3. The fourth-order valence-electron chi connectivity index (χ4n) is 3.47. The summed E-state index contributed by atoms with van der Waals surface area (Å²) in [6.45, 7) is 2.17. The highest BCUT2D eigenvalue weighted by molar-refractivity contribution is 6.12. The molecule has 0 fully saturated rings. The van der Waals surface area contributed by atoms with Crippen LogP contribution in [0, 0.1) is 0 Å². The number of allylic oxidation sites excluding steroid dienone is 4. The predicted octanol–water partition coefficient (Wildman–Crippen LogP) is 4.46. The Morgan fingerprint density at radius 2 is 1.85 bits per heavy atom. The molecule has 0 bridgehead atoms. The van der Waals surface area contributed by atoms with E-state index < -0.39 is 0 Å². The first-order chi connectivity index (χ1) is 9.78. The van der Waals surface area contributed by atoms with Gasteiger partial charge in [0.15, 0.2) is 5.78 Å². The van der Waals surface area contributed by atoms with Crippen molar-refractivity contribution in [1.29, 1.82) is 0 Å². The molecule has 0 atom stereocenters. The molecule has 20 heavy (non-hydrogen) atoms. The Balaban J connectivity index is 1.98. The number of hydrogen-bond acceptors (Lipinski definition) is 1. The Kier molecular flexibility index (Phi) is 2.43. The van der Waals surface area contributed by atoms with Crippen LogP contribution in [0.25, 0.3) is 16.3 Å². The van der Waals surface area contributed by atoms with Crippen LogP contribution in [0.5, 0.6) is 0 Å². The summed E-state index contributed by atoms with van der Waals surface area (Å²) in [4.78, 5) is 12.2. The quantitative estimate of drug-likeness (QED) is 0.740. The number of carbonyl (C=O) groups is 1. The minimum Gasteiger partial charge on any atom is -0.294 e. The molecular formula is C19H16O. The van der Waals surface area contributed by atoms with Gasteiger partial charge >= 0.3 is 0 Å². The Morgan fingerprint density at radius 1 is 1.10 bits per heavy atom. The highest BCUT2D eigenvalue weighted by Crippen LogP contribution is 2.43. The lowest BCUT2D eigenvalue weighted by Gasteiger charge is -2.15. The van der Waals surface area contributed by atoms with Crippen molar-refractivity contribution in [3.63, 3.8) is 0 Å². The number of hydrogen-bond donors (Lipinski definition) is 0. The lowest BCUT2D eigenvalue weighted by molar-refractivity contribution is -0.114. The second-order valence-corrected chi connectivity index (χ2v) is 5.60. The Hall–Kier alpha value is -2.15. The molecule has 0 saturated heterocycles. The molecule has 98 valence electrons. The van der Waals surface area contributed by atoms with Crippen LogP contribution in [0.2, 0.25) is 0 Å². The van der Waals surface area contributed by atoms with Gasteiger partial charge in [0.05, 0.1) is 0 Å². The summed E-state index contributed by atoms with van der Waals surface area (Å²) in [5.41, 5.74) is 6.19. The topological polar surface area (TPSA) is 17.1 Å². The third kappa shape index (κ3) is 1.53. The first-order valence-electron chi connectivity index (χ1n) is 7.25. The summed E-state index contributed by atoms with van der Waals surface area (Å²) >= 11 is 0. The molecule has 0 amide bonds. The minimum atomic E-state index is 0.303. The molecule has 1 nitrogen and oxygen atoms in total. The second-order valence-electron chi connectivity index (χ2n) is 5.60. The van der Waals surface area contributed by atoms with E-state index in [1.807, 2.05) is 0 Å². The molecule has 0 aliphatic heterocycles. The molecule has 0 heterocycles. The third-order valence-electron chi connectivity index (χ3n) is 4.48. The number of rotatable bonds is 1. The first-order valence-corrected chi connectivity index (χ1v) is 7.25. The number of ketones is 1. The maximum absolute atomic E-state index is 12.2. The highest BCUT2D eigenvalue weighted by atomic mass is 16.1. The van der Waals surface area contributed by atoms with Crippen LogP contribution in [0.4, 0.5) is 0 Å². The van der Waals surface area contributed by atoms with Gasteiger partial charge in [0.25, 0.3) is 0 Å². The SMILES string of the molecule is CCC1=CCC(=O)C2=C1c1cc3ccccc3cc1C2. The van der Waals surface area contributed by atoms with E-state index in [-0.39, 0.29) is 0 Å². The van der Waals surface area contributed by atoms with Gasteiger partial charge in [-0.15, -0.1) is 0 Å². The molecule has 0 saturated carbocycles. The molecule has 1 heteroatoms. The molecule has 4 rings (SSSR count). The average Bonchev–Trinajstić information content (AvgIpc) is 2.85. The van der Waals surface area contributed by atoms with Crippen LogP contribution in [-0.4, -0.2) is 5.78 Å². The van der Waals surface area contributed by atoms with Crippen LogP contribution in [0.3, 0.4) is 0 Å². The summed E-state index contributed by atoms with van der Waals surface area (Å²) in [6.07, 6.45) is 4.50. The van der Waals surface area contributed by atoms with Gasteiger partial charge in [-0.1, -0.05) is 43.3 Å². The molecule has 0 spiro atoms. The molecular weight excluding hydrogens is 244 g/mol. The van der Waals surface area contributed by atoms with Gasteiger partial charge in [0.1, 0.15) is 0 Å². The van der Waals surface area contributed by atoms with Crippen molar-refractivity contribution in [2.24, 2.45) is 0 Å². The molecule has 2 aromatic carbocycles. The summed E-state index contributed by atoms with van der Waals surface area (Å²) in [5.74, 6) is 0.303. The monoisotopic (exact) mass is 260 g/mol. The van der Waals surface area contributed by atoms with Crippen LogP contribution in [-0.2, 0) is 11.2 Å². The standard InChI is InChI=1S/C19H16O/c1-2-12-7-8-18(20)17-11-15-9-13-5-3-4-6-14(13)10-16(15)19(12)17/h3-7,9-10H,2,8,11H2,1H3. The molecule has 2 aromatic rings. The molecule has 2 aliphatic carbocycles. The first kappa shape index (κ1) is 11.7. The van der Waals surface area contributed by atoms with Crippen molar-refractivity contribution in [3.05, 3.63) is 64.7 Å². The van der Waals surface area contributed by atoms with E-state index in [0.717, 1.165) is 18.4 Å². The Labute approximate surface area is 118 Å². The Bertz CT molecular complexity index is 806. The molecule has 0 unspecified atom stereocenters. The maximum atomic E-state index is 12.2. The van der Waals surface area contributed by atoms with E-state index in [2.05, 4.69) is 49.4 Å². The fourth-order valence-corrected chi connectivity index (χ4v) is 3.47. The van der Waals surface area contributed by atoms with Gasteiger partial charge in [-0.05, 0) is 45.5 Å². The van der Waals surface area contributed by atoms with Gasteiger partial charge in [-0.2, -0.15) is 0 Å². The summed E-state index contributed by atoms with van der Waals surface area (Å²) < 4.78 is 0. The van der Waals surface area contributed by atoms with Gasteiger partial charge in [0, 0.05) is 18.4 Å². The van der Waals surface area contributed by atoms with Crippen molar-refractivity contribution >= 4 is 22.1 Å². The summed E-state index contributed by atoms with van der Waals surface area (Å²) in [7, 11) is 0. The van der Waals surface area contributed by atoms with E-state index in [1.165, 1.54) is 33.0 Å². The lowest BCUT2D eigenvalue weighted by atomic mass is 9.88. The number of benzene rings is 2. The molecule has 0 N–H and O–H groups in total. The van der Waals surface area contributed by atoms with Crippen molar-refractivity contribution in [1.82, 2.24) is 0 Å². The van der Waals surface area contributed by atoms with E-state index in [1.54, 1.807) is 0 Å². The second kappa shape index (κ2) is 4.17. The minimum absolute atomic E-state index is 0.303. The van der Waals surface area contributed by atoms with Crippen LogP contribution in [0.1, 0.15) is 30.9 Å². The molecule has 2 aliphatic rings. The maximum Gasteiger partial charge on any atom is 0.163 e. The largest absolute Gasteiger partial charge is 0.294 e. The van der Waals surface area contributed by atoms with Crippen LogP contribution >= 0.6 is 0 Å². The van der Waals surface area contributed by atoms with Crippen LogP contribution in [0.15, 0.2) is 53.6 Å². The smallest absolute Gasteiger partial charge is 0.163 e. The van der Waals surface area contributed by atoms with E-state index in [9.17, 15) is 4.79 Å². The number of Topliss-reactive ketones (excluding diaryl/α,β-unsaturated/α-hetero) is 1. The highest BCUT2D eigenvalue weighted by Gasteiger charge is 2.30. The van der Waals surface area contributed by atoms with Gasteiger partial charge in [-0.25, -0.2) is 0 Å². The lowest BCUT2D eigenvalue weighted by Crippen LogP contribution is -2.08. The zero-order valence-corrected chi connectivity index (χ0v) is 11.6. The summed E-state index contributed by atoms with van der Waals surface area (Å²) in [5, 5.41) is 2.52. The van der Waals surface area contributed by atoms with Crippen molar-refractivity contribution in [3.8, 4) is 0 Å². The van der Waals surface area contributed by atoms with Crippen molar-refractivity contribution < 1.29 is 4.79 Å². The summed E-state index contributed by atoms with van der Waals surface area (Å²) in [6, 6.07) is 12.9. The fraction of sp³-hybridized carbons (Fsp3) is 0.211. The van der Waals surface area contributed by atoms with Gasteiger partial charge in [0.2, 0.25) is 0 Å². The zero-order valence-electron chi connectivity index (χ0n) is 11.6.